The minimum absolute atomic E-state index is 0.236. The fourth-order valence-electron chi connectivity index (χ4n) is 4.11. The third-order valence-electron chi connectivity index (χ3n) is 5.55. The van der Waals surface area contributed by atoms with Crippen LogP contribution >= 0.6 is 0 Å². The molecule has 6 nitrogen and oxygen atoms in total. The second kappa shape index (κ2) is 6.41. The van der Waals surface area contributed by atoms with Gasteiger partial charge in [0.15, 0.2) is 11.4 Å². The number of benzene rings is 1. The summed E-state index contributed by atoms with van der Waals surface area (Å²) in [4.78, 5) is 44.9. The van der Waals surface area contributed by atoms with Gasteiger partial charge in [-0.15, -0.1) is 0 Å². The lowest BCUT2D eigenvalue weighted by molar-refractivity contribution is -0.121. The Labute approximate surface area is 162 Å². The number of rotatable bonds is 2. The van der Waals surface area contributed by atoms with Crippen LogP contribution in [0.1, 0.15) is 47.2 Å². The molecule has 2 unspecified atom stereocenters. The number of hydrogen-bond acceptors (Lipinski definition) is 4. The van der Waals surface area contributed by atoms with E-state index in [-0.39, 0.29) is 17.5 Å². The van der Waals surface area contributed by atoms with Crippen molar-refractivity contribution in [2.45, 2.75) is 33.7 Å². The maximum absolute atomic E-state index is 13.3. The van der Waals surface area contributed by atoms with Crippen molar-refractivity contribution in [3.8, 4) is 0 Å². The first-order chi connectivity index (χ1) is 13.3. The highest BCUT2D eigenvalue weighted by Crippen LogP contribution is 2.44. The highest BCUT2D eigenvalue weighted by atomic mass is 16.2. The molecule has 6 heteroatoms. The summed E-state index contributed by atoms with van der Waals surface area (Å²) in [5.41, 5.74) is 3.91. The molecule has 2 atom stereocenters. The van der Waals surface area contributed by atoms with E-state index >= 15 is 0 Å². The molecule has 1 aromatic carbocycles. The fraction of sp³-hybridized carbons (Fsp3) is 0.273. The largest absolute Gasteiger partial charge is 0.302 e. The Morgan fingerprint density at radius 2 is 1.71 bits per heavy atom. The summed E-state index contributed by atoms with van der Waals surface area (Å²) in [6.07, 6.45) is 1.78. The number of aromatic nitrogens is 2. The Bertz CT molecular complexity index is 1130. The van der Waals surface area contributed by atoms with E-state index in [0.29, 0.717) is 16.9 Å². The van der Waals surface area contributed by atoms with Crippen molar-refractivity contribution < 1.29 is 14.4 Å². The predicted octanol–water partition coefficient (Wildman–Crippen LogP) is 3.45. The van der Waals surface area contributed by atoms with Gasteiger partial charge in [-0.3, -0.25) is 19.3 Å². The quantitative estimate of drug-likeness (QED) is 0.643. The Morgan fingerprint density at radius 3 is 2.32 bits per heavy atom. The zero-order chi connectivity index (χ0) is 20.2. The molecule has 0 bridgehead atoms. The number of imidazole rings is 1. The van der Waals surface area contributed by atoms with Crippen LogP contribution in [0.15, 0.2) is 42.6 Å². The van der Waals surface area contributed by atoms with E-state index in [2.05, 4.69) is 4.98 Å². The highest BCUT2D eigenvalue weighted by molar-refractivity contribution is 6.19. The summed E-state index contributed by atoms with van der Waals surface area (Å²) in [5.74, 6) is -1.71. The minimum atomic E-state index is -0.946. The van der Waals surface area contributed by atoms with Gasteiger partial charge in [-0.25, -0.2) is 4.98 Å². The molecule has 0 N–H and O–H groups in total. The number of ketones is 2. The molecule has 1 aliphatic heterocycles. The topological polar surface area (TPSA) is 71.8 Å². The first-order valence-electron chi connectivity index (χ1n) is 9.20. The standard InChI is InChI=1S/C22H21N3O3/c1-12-13(2)24-11-10-17-20(22(24)23-12)25(15(4)27)19(16-8-6-5-7-9-16)18(14(3)26)21(17)28/h5-11,18-19H,1-4H3. The van der Waals surface area contributed by atoms with Gasteiger partial charge in [-0.2, -0.15) is 0 Å². The highest BCUT2D eigenvalue weighted by Gasteiger charge is 2.46. The lowest BCUT2D eigenvalue weighted by Crippen LogP contribution is -2.47. The van der Waals surface area contributed by atoms with Crippen molar-refractivity contribution in [3.05, 3.63) is 65.1 Å². The molecule has 0 aliphatic carbocycles. The number of hydrogen-bond donors (Lipinski definition) is 0. The molecule has 0 fully saturated rings. The van der Waals surface area contributed by atoms with E-state index in [1.54, 1.807) is 17.2 Å². The van der Waals surface area contributed by atoms with Gasteiger partial charge in [0, 0.05) is 24.4 Å². The van der Waals surface area contributed by atoms with Crippen LogP contribution in [-0.4, -0.2) is 26.9 Å². The summed E-state index contributed by atoms with van der Waals surface area (Å²) in [6.45, 7) is 6.70. The number of Topliss-reactive ketones (excluding diaryl/α,β-unsaturated/α-hetero) is 2. The maximum Gasteiger partial charge on any atom is 0.224 e. The second-order valence-corrected chi connectivity index (χ2v) is 7.25. The molecule has 1 amide bonds. The third kappa shape index (κ3) is 2.48. The average Bonchev–Trinajstić information content (AvgIpc) is 2.96. The van der Waals surface area contributed by atoms with Crippen LogP contribution in [-0.2, 0) is 9.59 Å². The summed E-state index contributed by atoms with van der Waals surface area (Å²) in [5, 5.41) is 0. The Balaban J connectivity index is 2.09. The average molecular weight is 375 g/mol. The van der Waals surface area contributed by atoms with Crippen LogP contribution in [0.25, 0.3) is 5.65 Å². The molecule has 3 aromatic rings. The van der Waals surface area contributed by atoms with Crippen molar-refractivity contribution in [1.29, 1.82) is 0 Å². The molecule has 1 aliphatic rings. The number of carbonyl (C=O) groups is 3. The van der Waals surface area contributed by atoms with Gasteiger partial charge >= 0.3 is 0 Å². The number of anilines is 1. The summed E-state index contributed by atoms with van der Waals surface area (Å²) >= 11 is 0. The molecule has 4 rings (SSSR count). The summed E-state index contributed by atoms with van der Waals surface area (Å²) < 4.78 is 1.88. The molecule has 0 saturated heterocycles. The Kier molecular flexibility index (Phi) is 4.14. The minimum Gasteiger partial charge on any atom is -0.302 e. The van der Waals surface area contributed by atoms with Gasteiger partial charge in [0.05, 0.1) is 17.4 Å². The summed E-state index contributed by atoms with van der Waals surface area (Å²) in [6, 6.07) is 10.2. The lowest BCUT2D eigenvalue weighted by Gasteiger charge is -2.40. The summed E-state index contributed by atoms with van der Waals surface area (Å²) in [7, 11) is 0. The van der Waals surface area contributed by atoms with Crippen LogP contribution in [0.3, 0.4) is 0 Å². The number of carbonyl (C=O) groups excluding carboxylic acids is 3. The van der Waals surface area contributed by atoms with Gasteiger partial charge in [0.2, 0.25) is 5.91 Å². The van der Waals surface area contributed by atoms with Gasteiger partial charge in [-0.1, -0.05) is 30.3 Å². The van der Waals surface area contributed by atoms with Crippen molar-refractivity contribution in [1.82, 2.24) is 9.38 Å². The van der Waals surface area contributed by atoms with Crippen LogP contribution in [0.2, 0.25) is 0 Å². The molecular formula is C22H21N3O3. The molecule has 2 aromatic heterocycles. The van der Waals surface area contributed by atoms with Crippen LogP contribution in [0.4, 0.5) is 5.69 Å². The fourth-order valence-corrected chi connectivity index (χ4v) is 4.11. The first kappa shape index (κ1) is 18.1. The zero-order valence-corrected chi connectivity index (χ0v) is 16.3. The SMILES string of the molecule is CC(=O)C1C(=O)c2ccn3c(C)c(C)nc3c2N(C(C)=O)C1c1ccccc1. The predicted molar refractivity (Wildman–Crippen MR) is 106 cm³/mol. The lowest BCUT2D eigenvalue weighted by atomic mass is 9.79. The molecular weight excluding hydrogens is 354 g/mol. The zero-order valence-electron chi connectivity index (χ0n) is 16.3. The first-order valence-corrected chi connectivity index (χ1v) is 9.20. The number of fused-ring (bicyclic) bond motifs is 3. The number of pyridine rings is 1. The Hall–Kier alpha value is -3.28. The van der Waals surface area contributed by atoms with E-state index in [1.165, 1.54) is 13.8 Å². The molecule has 0 radical (unpaired) electrons. The van der Waals surface area contributed by atoms with Crippen LogP contribution in [0.5, 0.6) is 0 Å². The second-order valence-electron chi connectivity index (χ2n) is 7.25. The number of amides is 1. The molecule has 28 heavy (non-hydrogen) atoms. The van der Waals surface area contributed by atoms with Crippen LogP contribution in [0, 0.1) is 19.8 Å². The van der Waals surface area contributed by atoms with Crippen molar-refractivity contribution in [2.75, 3.05) is 4.90 Å². The van der Waals surface area contributed by atoms with Crippen molar-refractivity contribution in [2.24, 2.45) is 5.92 Å². The molecule has 0 spiro atoms. The molecule has 0 saturated carbocycles. The third-order valence-corrected chi connectivity index (χ3v) is 5.55. The van der Waals surface area contributed by atoms with E-state index in [1.807, 2.05) is 48.6 Å². The van der Waals surface area contributed by atoms with E-state index < -0.39 is 12.0 Å². The number of nitrogens with zero attached hydrogens (tertiary/aromatic N) is 3. The van der Waals surface area contributed by atoms with E-state index in [9.17, 15) is 14.4 Å². The monoisotopic (exact) mass is 375 g/mol. The van der Waals surface area contributed by atoms with Gasteiger partial charge < -0.3 is 4.40 Å². The Morgan fingerprint density at radius 1 is 1.04 bits per heavy atom. The number of aryl methyl sites for hydroxylation is 2. The molecule has 142 valence electrons. The van der Waals surface area contributed by atoms with Gasteiger partial charge in [-0.05, 0) is 32.4 Å². The van der Waals surface area contributed by atoms with Crippen LogP contribution < -0.4 is 4.90 Å². The van der Waals surface area contributed by atoms with Gasteiger partial charge in [0.1, 0.15) is 11.7 Å². The van der Waals surface area contributed by atoms with Crippen molar-refractivity contribution in [3.63, 3.8) is 0 Å². The smallest absolute Gasteiger partial charge is 0.224 e. The normalized spacial score (nSPS) is 19.0. The maximum atomic E-state index is 13.3. The van der Waals surface area contributed by atoms with E-state index in [0.717, 1.165) is 17.0 Å². The van der Waals surface area contributed by atoms with E-state index in [4.69, 9.17) is 0 Å². The van der Waals surface area contributed by atoms with Crippen molar-refractivity contribution >= 4 is 28.8 Å². The molecule has 3 heterocycles. The van der Waals surface area contributed by atoms with Gasteiger partial charge in [0.25, 0.3) is 0 Å².